The number of nitrogens with zero attached hydrogens (tertiary/aromatic N) is 2. The lowest BCUT2D eigenvalue weighted by Crippen LogP contribution is -2.48. The number of likely N-dealkylation sites (tertiary alicyclic amines) is 1. The molecule has 170 valence electrons. The first-order valence-electron chi connectivity index (χ1n) is 12.2. The minimum Gasteiger partial charge on any atom is -0.478 e. The molecule has 0 unspecified atom stereocenters. The smallest absolute Gasteiger partial charge is 0.335 e. The van der Waals surface area contributed by atoms with Crippen LogP contribution >= 0.6 is 0 Å². The second-order valence-electron chi connectivity index (χ2n) is 9.73. The van der Waals surface area contributed by atoms with Gasteiger partial charge >= 0.3 is 12.0 Å². The number of amides is 2. The van der Waals surface area contributed by atoms with Gasteiger partial charge in [0.15, 0.2) is 0 Å². The molecule has 4 rings (SSSR count). The van der Waals surface area contributed by atoms with Crippen LogP contribution in [0.15, 0.2) is 24.3 Å². The standard InChI is InChI=1S/C25H37N3O3/c29-24(30)21-11-9-19(10-12-21)17-28(23-7-3-4-8-23)18-20-13-15-27(16-14-20)25(31)26-22-5-1-2-6-22/h9-12,20,22-23H,1-8,13-18H2,(H,26,31)(H,29,30). The van der Waals surface area contributed by atoms with Crippen molar-refractivity contribution < 1.29 is 14.7 Å². The second kappa shape index (κ2) is 10.5. The summed E-state index contributed by atoms with van der Waals surface area (Å²) in [6, 6.07) is 8.50. The highest BCUT2D eigenvalue weighted by molar-refractivity contribution is 5.87. The van der Waals surface area contributed by atoms with Gasteiger partial charge in [-0.15, -0.1) is 0 Å². The lowest BCUT2D eigenvalue weighted by Gasteiger charge is -2.37. The van der Waals surface area contributed by atoms with Gasteiger partial charge in [0, 0.05) is 38.3 Å². The Morgan fingerprint density at radius 1 is 0.935 bits per heavy atom. The van der Waals surface area contributed by atoms with E-state index in [0.29, 0.717) is 23.6 Å². The van der Waals surface area contributed by atoms with Gasteiger partial charge in [-0.3, -0.25) is 4.90 Å². The third kappa shape index (κ3) is 6.00. The number of carboxylic acids is 1. The number of aromatic carboxylic acids is 1. The molecular weight excluding hydrogens is 390 g/mol. The molecule has 0 spiro atoms. The Labute approximate surface area is 186 Å². The Morgan fingerprint density at radius 2 is 1.55 bits per heavy atom. The molecule has 1 saturated heterocycles. The molecule has 6 nitrogen and oxygen atoms in total. The van der Waals surface area contributed by atoms with Crippen LogP contribution in [-0.4, -0.2) is 58.6 Å². The molecule has 3 fully saturated rings. The quantitative estimate of drug-likeness (QED) is 0.672. The highest BCUT2D eigenvalue weighted by atomic mass is 16.4. The molecule has 2 aliphatic carbocycles. The predicted octanol–water partition coefficient (Wildman–Crippen LogP) is 4.49. The molecular formula is C25H37N3O3. The summed E-state index contributed by atoms with van der Waals surface area (Å²) in [5.74, 6) is -0.252. The van der Waals surface area contributed by atoms with Gasteiger partial charge in [0.25, 0.3) is 0 Å². The highest BCUT2D eigenvalue weighted by Gasteiger charge is 2.29. The van der Waals surface area contributed by atoms with Gasteiger partial charge < -0.3 is 15.3 Å². The minimum atomic E-state index is -0.872. The fourth-order valence-corrected chi connectivity index (χ4v) is 5.59. The van der Waals surface area contributed by atoms with Crippen molar-refractivity contribution in [3.63, 3.8) is 0 Å². The summed E-state index contributed by atoms with van der Waals surface area (Å²) >= 11 is 0. The molecule has 0 aromatic heterocycles. The third-order valence-electron chi connectivity index (χ3n) is 7.50. The van der Waals surface area contributed by atoms with Crippen LogP contribution in [0.3, 0.4) is 0 Å². The first-order chi connectivity index (χ1) is 15.1. The number of nitrogens with one attached hydrogen (secondary N) is 1. The van der Waals surface area contributed by atoms with Crippen LogP contribution in [0.25, 0.3) is 0 Å². The Balaban J connectivity index is 1.30. The summed E-state index contributed by atoms with van der Waals surface area (Å²) < 4.78 is 0. The van der Waals surface area contributed by atoms with E-state index in [4.69, 9.17) is 5.11 Å². The van der Waals surface area contributed by atoms with E-state index in [1.54, 1.807) is 12.1 Å². The van der Waals surface area contributed by atoms with Crippen molar-refractivity contribution in [1.82, 2.24) is 15.1 Å². The summed E-state index contributed by atoms with van der Waals surface area (Å²) in [5.41, 5.74) is 1.53. The van der Waals surface area contributed by atoms with Gasteiger partial charge in [-0.05, 0) is 62.1 Å². The average molecular weight is 428 g/mol. The zero-order valence-electron chi connectivity index (χ0n) is 18.6. The molecule has 1 aromatic rings. The fourth-order valence-electron chi connectivity index (χ4n) is 5.59. The summed E-state index contributed by atoms with van der Waals surface area (Å²) in [6.07, 6.45) is 12.0. The minimum absolute atomic E-state index is 0.136. The number of benzene rings is 1. The largest absolute Gasteiger partial charge is 0.478 e. The first kappa shape index (κ1) is 22.1. The molecule has 31 heavy (non-hydrogen) atoms. The van der Waals surface area contributed by atoms with Crippen LogP contribution in [-0.2, 0) is 6.54 Å². The molecule has 0 radical (unpaired) electrons. The number of hydrogen-bond acceptors (Lipinski definition) is 3. The lowest BCUT2D eigenvalue weighted by molar-refractivity contribution is 0.0697. The Hall–Kier alpha value is -2.08. The zero-order chi connectivity index (χ0) is 21.6. The van der Waals surface area contributed by atoms with Crippen LogP contribution in [0, 0.1) is 5.92 Å². The van der Waals surface area contributed by atoms with Crippen molar-refractivity contribution in [2.75, 3.05) is 19.6 Å². The fraction of sp³-hybridized carbons (Fsp3) is 0.680. The summed E-state index contributed by atoms with van der Waals surface area (Å²) in [4.78, 5) is 28.3. The maximum absolute atomic E-state index is 12.6. The van der Waals surface area contributed by atoms with Crippen LogP contribution < -0.4 is 5.32 Å². The van der Waals surface area contributed by atoms with Crippen molar-refractivity contribution in [3.8, 4) is 0 Å². The lowest BCUT2D eigenvalue weighted by atomic mass is 9.95. The number of rotatable bonds is 7. The number of carbonyl (C=O) groups excluding carboxylic acids is 1. The molecule has 0 bridgehead atoms. The van der Waals surface area contributed by atoms with E-state index >= 15 is 0 Å². The summed E-state index contributed by atoms with van der Waals surface area (Å²) in [6.45, 7) is 3.67. The average Bonchev–Trinajstić information content (AvgIpc) is 3.48. The SMILES string of the molecule is O=C(O)c1ccc(CN(CC2CCN(C(=O)NC3CCCC3)CC2)C2CCCC2)cc1. The first-order valence-corrected chi connectivity index (χ1v) is 12.2. The van der Waals surface area contributed by atoms with E-state index in [2.05, 4.69) is 10.2 Å². The van der Waals surface area contributed by atoms with Crippen LogP contribution in [0.5, 0.6) is 0 Å². The van der Waals surface area contributed by atoms with Gasteiger partial charge in [-0.2, -0.15) is 0 Å². The molecule has 2 N–H and O–H groups in total. The molecule has 6 heteroatoms. The van der Waals surface area contributed by atoms with Gasteiger partial charge in [0.1, 0.15) is 0 Å². The number of carbonyl (C=O) groups is 2. The van der Waals surface area contributed by atoms with Crippen molar-refractivity contribution in [1.29, 1.82) is 0 Å². The number of piperidine rings is 1. The third-order valence-corrected chi connectivity index (χ3v) is 7.50. The molecule has 1 aromatic carbocycles. The maximum Gasteiger partial charge on any atom is 0.335 e. The number of hydrogen-bond donors (Lipinski definition) is 2. The van der Waals surface area contributed by atoms with Crippen molar-refractivity contribution in [2.45, 2.75) is 82.8 Å². The normalized spacial score (nSPS) is 21.1. The van der Waals surface area contributed by atoms with Crippen LogP contribution in [0.1, 0.15) is 80.1 Å². The monoisotopic (exact) mass is 427 g/mol. The van der Waals surface area contributed by atoms with Gasteiger partial charge in [-0.1, -0.05) is 37.8 Å². The predicted molar refractivity (Wildman–Crippen MR) is 121 cm³/mol. The second-order valence-corrected chi connectivity index (χ2v) is 9.73. The number of carboxylic acid groups (broad SMARTS) is 1. The molecule has 1 aliphatic heterocycles. The Morgan fingerprint density at radius 3 is 2.16 bits per heavy atom. The van der Waals surface area contributed by atoms with Crippen molar-refractivity contribution in [3.05, 3.63) is 35.4 Å². The van der Waals surface area contributed by atoms with Crippen molar-refractivity contribution >= 4 is 12.0 Å². The molecule has 0 atom stereocenters. The van der Waals surface area contributed by atoms with Gasteiger partial charge in [0.05, 0.1) is 5.56 Å². The van der Waals surface area contributed by atoms with E-state index in [0.717, 1.165) is 51.9 Å². The molecule has 2 amide bonds. The topological polar surface area (TPSA) is 72.9 Å². The van der Waals surface area contributed by atoms with Gasteiger partial charge in [-0.25, -0.2) is 9.59 Å². The summed E-state index contributed by atoms with van der Waals surface area (Å²) in [5, 5.41) is 12.4. The van der Waals surface area contributed by atoms with Crippen LogP contribution in [0.4, 0.5) is 4.79 Å². The van der Waals surface area contributed by atoms with E-state index in [9.17, 15) is 9.59 Å². The molecule has 3 aliphatic rings. The maximum atomic E-state index is 12.6. The van der Waals surface area contributed by atoms with Crippen LogP contribution in [0.2, 0.25) is 0 Å². The van der Waals surface area contributed by atoms with Gasteiger partial charge in [0.2, 0.25) is 0 Å². The van der Waals surface area contributed by atoms with E-state index in [1.165, 1.54) is 44.1 Å². The Bertz CT molecular complexity index is 731. The summed E-state index contributed by atoms with van der Waals surface area (Å²) in [7, 11) is 0. The van der Waals surface area contributed by atoms with Crippen molar-refractivity contribution in [2.24, 2.45) is 5.92 Å². The zero-order valence-corrected chi connectivity index (χ0v) is 18.6. The van der Waals surface area contributed by atoms with E-state index in [1.807, 2.05) is 17.0 Å². The highest BCUT2D eigenvalue weighted by Crippen LogP contribution is 2.28. The van der Waals surface area contributed by atoms with E-state index < -0.39 is 5.97 Å². The van der Waals surface area contributed by atoms with E-state index in [-0.39, 0.29) is 6.03 Å². The molecule has 1 heterocycles. The Kier molecular flexibility index (Phi) is 7.49. The molecule has 2 saturated carbocycles. The number of urea groups is 1.